The number of benzene rings is 16. The predicted molar refractivity (Wildman–Crippen MR) is 486 cm³/mol. The Balaban J connectivity index is 1.03. The van der Waals surface area contributed by atoms with Crippen LogP contribution < -0.4 is 26.2 Å². The number of fused-ring (bicyclic) bond motifs is 10. The first-order valence-electron chi connectivity index (χ1n) is 43.4. The second-order valence-electron chi connectivity index (χ2n) is 34.1. The number of hydrogen-bond donors (Lipinski definition) is 0. The summed E-state index contributed by atoms with van der Waals surface area (Å²) in [6.07, 6.45) is 0. The molecule has 5 heteroatoms. The summed E-state index contributed by atoms with van der Waals surface area (Å²) in [5.74, 6) is 0. The summed E-state index contributed by atoms with van der Waals surface area (Å²) < 4.78 is 69.9. The van der Waals surface area contributed by atoms with Crippen molar-refractivity contribution in [3.63, 3.8) is 0 Å². The van der Waals surface area contributed by atoms with Crippen molar-refractivity contribution in [3.8, 4) is 89.6 Å². The highest BCUT2D eigenvalue weighted by molar-refractivity contribution is 7.00. The van der Waals surface area contributed by atoms with E-state index >= 15 is 0 Å². The molecule has 20 rings (SSSR count). The van der Waals surface area contributed by atoms with Crippen LogP contribution in [0.3, 0.4) is 0 Å². The molecule has 1 aliphatic carbocycles. The van der Waals surface area contributed by atoms with Crippen LogP contribution in [-0.2, 0) is 21.7 Å². The molecule has 550 valence electrons. The maximum absolute atomic E-state index is 10.8. The molecule has 4 nitrogen and oxygen atoms in total. The minimum Gasteiger partial charge on any atom is -0.310 e. The zero-order chi connectivity index (χ0) is 84.3. The monoisotopic (exact) mass is 1480 g/mol. The lowest BCUT2D eigenvalue weighted by Gasteiger charge is -2.46. The van der Waals surface area contributed by atoms with Gasteiger partial charge in [0, 0.05) is 61.5 Å². The Kier molecular flexibility index (Phi) is 14.9. The Bertz CT molecular complexity index is 7030. The number of anilines is 6. The van der Waals surface area contributed by atoms with Crippen molar-refractivity contribution in [2.24, 2.45) is 0 Å². The molecule has 0 N–H and O–H groups in total. The summed E-state index contributed by atoms with van der Waals surface area (Å²) in [5, 5.41) is 10.8. The SMILES string of the molecule is [2H]c1c([2H])c([2H])c2c(c1[2H])c1c([2H])c(C#N)c([2H])c([2H])c1n2-c1ccc2c(c1)N(c1c(-c3ccccc3)cc(C(C)(C)C)cc1-c1ccccc1)c1cc(-c3cccc4c3C(c3ccccc3)(c3ccccc3)c3ccccc3-4)cc3c1B2c1cc(-c2cc(C(C)(C)C)cc(C(C)(C)C)c2)ccc1N3c1c(-c2ccccc2)cccc1-c1ccccc1. The number of para-hydroxylation sites is 2. The maximum atomic E-state index is 10.8. The van der Waals surface area contributed by atoms with E-state index in [9.17, 15) is 14.9 Å². The van der Waals surface area contributed by atoms with Gasteiger partial charge in [-0.15, -0.1) is 0 Å². The van der Waals surface area contributed by atoms with E-state index in [0.717, 1.165) is 151 Å². The second kappa shape index (κ2) is 27.1. The average molecular weight is 1480 g/mol. The summed E-state index contributed by atoms with van der Waals surface area (Å²) in [5.41, 5.74) is 29.0. The normalized spacial score (nSPS) is 14.1. The number of aromatic nitrogens is 1. The van der Waals surface area contributed by atoms with Gasteiger partial charge in [0.2, 0.25) is 0 Å². The Hall–Kier alpha value is -13.5. The third-order valence-electron chi connectivity index (χ3n) is 24.2. The molecule has 2 aliphatic heterocycles. The van der Waals surface area contributed by atoms with Gasteiger partial charge in [-0.2, -0.15) is 5.26 Å². The lowest BCUT2D eigenvalue weighted by atomic mass is 9.33. The largest absolute Gasteiger partial charge is 0.310 e. The maximum Gasteiger partial charge on any atom is 0.252 e. The smallest absolute Gasteiger partial charge is 0.252 e. The molecule has 3 aliphatic rings. The number of nitriles is 1. The standard InChI is InChI=1S/C110H87BN4/c1-107(2,3)81-61-77(62-82(66-81)108(4,5)6)76-55-59-99-96(63-76)111-95-57-56-84(113-97-53-31-29-47-89(97)93-60-71(70-112)54-58-98(93)113)69-100(95)115(106-91(74-38-20-12-21-39-74)67-83(109(7,8)9)68-92(106)75-40-22-13-23-41-75)102-65-78(64-101(104(102)111)114(99)105-86(72-34-16-10-17-35-72)49-33-50-87(105)73-36-18-11-19-37-73)85-48-32-51-90-88-46-28-30-52-94(88)110(103(85)90,79-42-24-14-25-43-79)80-44-26-15-27-45-80/h10-69H,1-9H3/i29D,31D,47D,53D,54D,58D,60D. The lowest BCUT2D eigenvalue weighted by Crippen LogP contribution is -2.61. The zero-order valence-corrected chi connectivity index (χ0v) is 66.0. The van der Waals surface area contributed by atoms with Gasteiger partial charge in [-0.25, -0.2) is 0 Å². The fraction of sp³-hybridized carbons (Fsp3) is 0.118. The Morgan fingerprint density at radius 3 is 1.37 bits per heavy atom. The van der Waals surface area contributed by atoms with Crippen LogP contribution in [0.4, 0.5) is 34.1 Å². The van der Waals surface area contributed by atoms with Crippen molar-refractivity contribution >= 4 is 79.0 Å². The first kappa shape index (κ1) is 63.0. The molecule has 1 aromatic heterocycles. The van der Waals surface area contributed by atoms with E-state index in [1.165, 1.54) is 16.7 Å². The molecule has 0 radical (unpaired) electrons. The lowest BCUT2D eigenvalue weighted by molar-refractivity contribution is 0.569. The van der Waals surface area contributed by atoms with Gasteiger partial charge in [-0.3, -0.25) is 0 Å². The van der Waals surface area contributed by atoms with Gasteiger partial charge >= 0.3 is 0 Å². The Morgan fingerprint density at radius 1 is 0.339 bits per heavy atom. The third-order valence-corrected chi connectivity index (χ3v) is 24.2. The summed E-state index contributed by atoms with van der Waals surface area (Å²) in [6, 6.07) is 117. The quantitative estimate of drug-likeness (QED) is 0.121. The molecule has 16 aromatic carbocycles. The third kappa shape index (κ3) is 11.5. The van der Waals surface area contributed by atoms with Crippen LogP contribution in [0.25, 0.3) is 105 Å². The van der Waals surface area contributed by atoms with E-state index in [1.807, 2.05) is 12.1 Å². The van der Waals surface area contributed by atoms with Crippen molar-refractivity contribution in [2.45, 2.75) is 84.0 Å². The Morgan fingerprint density at radius 2 is 0.809 bits per heavy atom. The van der Waals surface area contributed by atoms with E-state index < -0.39 is 54.4 Å². The van der Waals surface area contributed by atoms with Gasteiger partial charge in [-0.05, 0) is 194 Å². The molecule has 0 fully saturated rings. The molecule has 0 amide bonds. The van der Waals surface area contributed by atoms with Gasteiger partial charge in [0.1, 0.15) is 0 Å². The summed E-state index contributed by atoms with van der Waals surface area (Å²) in [7, 11) is 0. The van der Waals surface area contributed by atoms with Crippen molar-refractivity contribution in [1.82, 2.24) is 4.57 Å². The van der Waals surface area contributed by atoms with E-state index in [1.54, 1.807) is 4.57 Å². The predicted octanol–water partition coefficient (Wildman–Crippen LogP) is 27.0. The molecule has 0 saturated heterocycles. The van der Waals surface area contributed by atoms with E-state index in [4.69, 9.17) is 0 Å². The summed E-state index contributed by atoms with van der Waals surface area (Å²) in [6.45, 7) is 20.0. The van der Waals surface area contributed by atoms with Gasteiger partial charge in [0.05, 0.1) is 49.1 Å². The molecule has 115 heavy (non-hydrogen) atoms. The molecule has 3 heterocycles. The molecule has 0 spiro atoms. The van der Waals surface area contributed by atoms with E-state index in [-0.39, 0.29) is 43.6 Å². The molecule has 0 bridgehead atoms. The molecular formula is C110H87BN4. The number of nitrogens with zero attached hydrogens (tertiary/aromatic N) is 4. The van der Waals surface area contributed by atoms with Gasteiger partial charge in [0.15, 0.2) is 0 Å². The highest BCUT2D eigenvalue weighted by Crippen LogP contribution is 2.61. The molecule has 0 atom stereocenters. The van der Waals surface area contributed by atoms with Crippen LogP contribution in [0, 0.1) is 11.3 Å². The molecular weight excluding hydrogens is 1390 g/mol. The fourth-order valence-electron chi connectivity index (χ4n) is 18.6. The topological polar surface area (TPSA) is 35.2 Å². The summed E-state index contributed by atoms with van der Waals surface area (Å²) in [4.78, 5) is 5.09. The van der Waals surface area contributed by atoms with Crippen molar-refractivity contribution in [3.05, 3.63) is 408 Å². The average Bonchev–Trinajstić information content (AvgIpc) is 0.996. The van der Waals surface area contributed by atoms with E-state index in [2.05, 4.69) is 388 Å². The fourth-order valence-corrected chi connectivity index (χ4v) is 18.6. The van der Waals surface area contributed by atoms with Crippen LogP contribution >= 0.6 is 0 Å². The van der Waals surface area contributed by atoms with Crippen LogP contribution in [0.1, 0.15) is 116 Å². The molecule has 0 unspecified atom stereocenters. The van der Waals surface area contributed by atoms with Crippen molar-refractivity contribution in [1.29, 1.82) is 5.26 Å². The van der Waals surface area contributed by atoms with Crippen molar-refractivity contribution < 1.29 is 9.60 Å². The van der Waals surface area contributed by atoms with Crippen LogP contribution in [0.2, 0.25) is 0 Å². The highest BCUT2D eigenvalue weighted by atomic mass is 15.2. The Labute approximate surface area is 686 Å². The number of rotatable bonds is 11. The molecule has 0 saturated carbocycles. The first-order chi connectivity index (χ1) is 58.8. The summed E-state index contributed by atoms with van der Waals surface area (Å²) >= 11 is 0. The second-order valence-corrected chi connectivity index (χ2v) is 34.1. The van der Waals surface area contributed by atoms with Crippen LogP contribution in [-0.4, -0.2) is 11.3 Å². The van der Waals surface area contributed by atoms with Crippen LogP contribution in [0.5, 0.6) is 0 Å². The van der Waals surface area contributed by atoms with Crippen molar-refractivity contribution in [2.75, 3.05) is 9.80 Å². The molecule has 17 aromatic rings. The minimum absolute atomic E-state index is 0.0127. The zero-order valence-electron chi connectivity index (χ0n) is 73.0. The van der Waals surface area contributed by atoms with Gasteiger partial charge < -0.3 is 14.4 Å². The van der Waals surface area contributed by atoms with Crippen LogP contribution in [0.15, 0.2) is 364 Å². The minimum atomic E-state index is -0.869. The van der Waals surface area contributed by atoms with Gasteiger partial charge in [-0.1, -0.05) is 359 Å². The highest BCUT2D eigenvalue weighted by Gasteiger charge is 2.50. The first-order valence-corrected chi connectivity index (χ1v) is 39.9. The van der Waals surface area contributed by atoms with E-state index in [0.29, 0.717) is 5.69 Å². The van der Waals surface area contributed by atoms with Gasteiger partial charge in [0.25, 0.3) is 6.71 Å². The number of hydrogen-bond acceptors (Lipinski definition) is 3.